The van der Waals surface area contributed by atoms with Crippen molar-refractivity contribution in [2.45, 2.75) is 13.8 Å². The number of nitrogens with zero attached hydrogens (tertiary/aromatic N) is 2. The van der Waals surface area contributed by atoms with Crippen molar-refractivity contribution in [1.82, 2.24) is 9.71 Å². The highest BCUT2D eigenvalue weighted by molar-refractivity contribution is 6.30. The van der Waals surface area contributed by atoms with Gasteiger partial charge in [0.05, 0.1) is 11.9 Å². The van der Waals surface area contributed by atoms with Gasteiger partial charge in [0.15, 0.2) is 5.75 Å². The molecule has 0 bridgehead atoms. The zero-order chi connectivity index (χ0) is 10.8. The lowest BCUT2D eigenvalue weighted by atomic mass is 10.2. The van der Waals surface area contributed by atoms with Crippen LogP contribution in [0.3, 0.4) is 0 Å². The van der Waals surface area contributed by atoms with Crippen molar-refractivity contribution in [3.63, 3.8) is 0 Å². The van der Waals surface area contributed by atoms with E-state index in [-0.39, 0.29) is 0 Å². The van der Waals surface area contributed by atoms with E-state index in [0.29, 0.717) is 10.8 Å². The maximum atomic E-state index is 5.92. The first-order chi connectivity index (χ1) is 7.13. The number of hydrogen-bond donors (Lipinski definition) is 0. The average molecular weight is 223 g/mol. The molecule has 15 heavy (non-hydrogen) atoms. The molecule has 1 aromatic heterocycles. The van der Waals surface area contributed by atoms with Gasteiger partial charge in [-0.2, -0.15) is 4.73 Å². The van der Waals surface area contributed by atoms with E-state index in [2.05, 4.69) is 4.98 Å². The molecule has 0 amide bonds. The molecule has 0 radical (unpaired) electrons. The summed E-state index contributed by atoms with van der Waals surface area (Å²) in [6, 6.07) is 5.57. The topological polar surface area (TPSA) is 27.1 Å². The summed E-state index contributed by atoms with van der Waals surface area (Å²) < 4.78 is 1.56. The van der Waals surface area contributed by atoms with Crippen molar-refractivity contribution in [1.29, 1.82) is 0 Å². The molecule has 0 fully saturated rings. The molecule has 0 spiro atoms. The van der Waals surface area contributed by atoms with E-state index in [1.54, 1.807) is 23.3 Å². The van der Waals surface area contributed by atoms with Crippen LogP contribution in [0.2, 0.25) is 5.02 Å². The molecular formula is C11H11ClN2O. The molecule has 78 valence electrons. The molecule has 0 aliphatic carbocycles. The summed E-state index contributed by atoms with van der Waals surface area (Å²) in [5, 5.41) is 0.668. The fraction of sp³-hybridized carbons (Fsp3) is 0.182. The molecule has 0 aliphatic rings. The fourth-order valence-corrected chi connectivity index (χ4v) is 1.61. The first-order valence-corrected chi connectivity index (χ1v) is 4.97. The second kappa shape index (κ2) is 3.95. The van der Waals surface area contributed by atoms with Gasteiger partial charge in [0.2, 0.25) is 0 Å². The molecule has 0 unspecified atom stereocenters. The third-order valence-electron chi connectivity index (χ3n) is 1.92. The van der Waals surface area contributed by atoms with Gasteiger partial charge in [-0.3, -0.25) is 0 Å². The van der Waals surface area contributed by atoms with Gasteiger partial charge in [-0.1, -0.05) is 11.6 Å². The van der Waals surface area contributed by atoms with Crippen LogP contribution in [-0.4, -0.2) is 9.71 Å². The summed E-state index contributed by atoms with van der Waals surface area (Å²) in [6.07, 6.45) is 3.42. The molecule has 0 atom stereocenters. The minimum absolute atomic E-state index is 0.668. The van der Waals surface area contributed by atoms with Gasteiger partial charge >= 0.3 is 0 Å². The molecule has 2 rings (SSSR count). The summed E-state index contributed by atoms with van der Waals surface area (Å²) in [5.41, 5.74) is 1.98. The number of halogens is 1. The van der Waals surface area contributed by atoms with Crippen LogP contribution in [-0.2, 0) is 0 Å². The molecule has 0 aliphatic heterocycles. The fourth-order valence-electron chi connectivity index (χ4n) is 1.33. The monoisotopic (exact) mass is 222 g/mol. The zero-order valence-corrected chi connectivity index (χ0v) is 9.32. The molecule has 1 heterocycles. The summed E-state index contributed by atoms with van der Waals surface area (Å²) >= 11 is 5.92. The van der Waals surface area contributed by atoms with E-state index in [1.165, 1.54) is 0 Å². The Balaban J connectivity index is 2.24. The Morgan fingerprint density at radius 2 is 2.07 bits per heavy atom. The standard InChI is InChI=1S/C11H11ClN2O/c1-8-3-10(12)5-11(4-8)15-14-6-9(2)13-7-14/h3-7H,1-2H3. The Morgan fingerprint density at radius 1 is 1.27 bits per heavy atom. The maximum Gasteiger partial charge on any atom is 0.157 e. The molecule has 3 nitrogen and oxygen atoms in total. The maximum absolute atomic E-state index is 5.92. The van der Waals surface area contributed by atoms with Gasteiger partial charge in [0, 0.05) is 11.1 Å². The second-order valence-electron chi connectivity index (χ2n) is 3.43. The van der Waals surface area contributed by atoms with Crippen LogP contribution in [0.1, 0.15) is 11.3 Å². The molecule has 2 aromatic rings. The Bertz CT molecular complexity index is 459. The van der Waals surface area contributed by atoms with Crippen LogP contribution in [0.4, 0.5) is 0 Å². The Kier molecular flexibility index (Phi) is 2.64. The van der Waals surface area contributed by atoms with Crippen molar-refractivity contribution in [2.24, 2.45) is 0 Å². The number of aromatic nitrogens is 2. The lowest BCUT2D eigenvalue weighted by molar-refractivity contribution is 0.215. The van der Waals surface area contributed by atoms with E-state index in [0.717, 1.165) is 11.3 Å². The van der Waals surface area contributed by atoms with Crippen LogP contribution in [0.5, 0.6) is 5.75 Å². The van der Waals surface area contributed by atoms with E-state index in [1.807, 2.05) is 26.0 Å². The SMILES string of the molecule is Cc1cc(Cl)cc(On2cnc(C)c2)c1. The van der Waals surface area contributed by atoms with E-state index in [9.17, 15) is 0 Å². The lowest BCUT2D eigenvalue weighted by Gasteiger charge is -2.06. The first kappa shape index (κ1) is 10.1. The Morgan fingerprint density at radius 3 is 2.67 bits per heavy atom. The Labute approximate surface area is 93.2 Å². The minimum Gasteiger partial charge on any atom is -0.374 e. The smallest absolute Gasteiger partial charge is 0.157 e. The largest absolute Gasteiger partial charge is 0.374 e. The first-order valence-electron chi connectivity index (χ1n) is 4.59. The summed E-state index contributed by atoms with van der Waals surface area (Å²) in [6.45, 7) is 3.88. The van der Waals surface area contributed by atoms with Crippen molar-refractivity contribution in [2.75, 3.05) is 0 Å². The predicted molar refractivity (Wildman–Crippen MR) is 59.2 cm³/mol. The number of hydrogen-bond acceptors (Lipinski definition) is 2. The number of aryl methyl sites for hydroxylation is 2. The minimum atomic E-state index is 0.668. The van der Waals surface area contributed by atoms with Crippen molar-refractivity contribution in [3.8, 4) is 5.75 Å². The highest BCUT2D eigenvalue weighted by Crippen LogP contribution is 2.20. The molecule has 0 saturated carbocycles. The quantitative estimate of drug-likeness (QED) is 0.781. The van der Waals surface area contributed by atoms with Gasteiger partial charge < -0.3 is 4.84 Å². The number of imidazole rings is 1. The summed E-state index contributed by atoms with van der Waals surface area (Å²) in [7, 11) is 0. The zero-order valence-electron chi connectivity index (χ0n) is 8.57. The van der Waals surface area contributed by atoms with Gasteiger partial charge in [-0.05, 0) is 31.5 Å². The van der Waals surface area contributed by atoms with Crippen LogP contribution >= 0.6 is 11.6 Å². The van der Waals surface area contributed by atoms with Gasteiger partial charge in [0.1, 0.15) is 6.33 Å². The number of rotatable bonds is 2. The van der Waals surface area contributed by atoms with E-state index in [4.69, 9.17) is 16.4 Å². The normalized spacial score (nSPS) is 10.3. The van der Waals surface area contributed by atoms with E-state index >= 15 is 0 Å². The van der Waals surface area contributed by atoms with Gasteiger partial charge in [-0.25, -0.2) is 4.98 Å². The van der Waals surface area contributed by atoms with E-state index < -0.39 is 0 Å². The molecule has 4 heteroatoms. The van der Waals surface area contributed by atoms with Crippen molar-refractivity contribution in [3.05, 3.63) is 47.0 Å². The lowest BCUT2D eigenvalue weighted by Crippen LogP contribution is -2.01. The van der Waals surface area contributed by atoms with Crippen molar-refractivity contribution >= 4 is 11.6 Å². The molecule has 0 N–H and O–H groups in total. The summed E-state index contributed by atoms with van der Waals surface area (Å²) in [5.74, 6) is 0.706. The van der Waals surface area contributed by atoms with Crippen molar-refractivity contribution < 1.29 is 4.84 Å². The number of benzene rings is 1. The van der Waals surface area contributed by atoms with Crippen LogP contribution in [0, 0.1) is 13.8 Å². The third kappa shape index (κ3) is 2.50. The van der Waals surface area contributed by atoms with Gasteiger partial charge in [-0.15, -0.1) is 0 Å². The average Bonchev–Trinajstić information content (AvgIpc) is 2.49. The predicted octanol–water partition coefficient (Wildman–Crippen LogP) is 3.00. The van der Waals surface area contributed by atoms with Crippen LogP contribution < -0.4 is 4.84 Å². The molecule has 0 saturated heterocycles. The van der Waals surface area contributed by atoms with Crippen LogP contribution in [0.25, 0.3) is 0 Å². The second-order valence-corrected chi connectivity index (χ2v) is 3.87. The molecule has 1 aromatic carbocycles. The summed E-state index contributed by atoms with van der Waals surface area (Å²) in [4.78, 5) is 9.59. The highest BCUT2D eigenvalue weighted by atomic mass is 35.5. The van der Waals surface area contributed by atoms with Gasteiger partial charge in [0.25, 0.3) is 0 Å². The highest BCUT2D eigenvalue weighted by Gasteiger charge is 2.00. The van der Waals surface area contributed by atoms with Crippen LogP contribution in [0.15, 0.2) is 30.7 Å². The Hall–Kier alpha value is -1.48. The molecular weight excluding hydrogens is 212 g/mol. The third-order valence-corrected chi connectivity index (χ3v) is 2.13.